The molecule has 0 saturated heterocycles. The Morgan fingerprint density at radius 2 is 2.00 bits per heavy atom. The summed E-state index contributed by atoms with van der Waals surface area (Å²) in [6.07, 6.45) is 2.03. The number of carbonyl (C=O) groups excluding carboxylic acids is 2. The Kier molecular flexibility index (Phi) is 3.37. The van der Waals surface area contributed by atoms with Gasteiger partial charge >= 0.3 is 5.97 Å². The van der Waals surface area contributed by atoms with Crippen LogP contribution in [0.4, 0.5) is 4.39 Å². The maximum atomic E-state index is 13.6. The fourth-order valence-corrected chi connectivity index (χ4v) is 3.89. The van der Waals surface area contributed by atoms with Gasteiger partial charge in [-0.2, -0.15) is 0 Å². The van der Waals surface area contributed by atoms with Crippen LogP contribution in [0.1, 0.15) is 30.7 Å². The molecule has 1 aromatic carbocycles. The Hall–Kier alpha value is -1.95. The van der Waals surface area contributed by atoms with E-state index in [1.807, 2.05) is 0 Å². The van der Waals surface area contributed by atoms with Crippen LogP contribution in [0.25, 0.3) is 0 Å². The molecule has 0 bridgehead atoms. The van der Waals surface area contributed by atoms with Gasteiger partial charge < -0.3 is 10.1 Å². The highest BCUT2D eigenvalue weighted by molar-refractivity contribution is 9.10. The number of rotatable bonds is 1. The number of cyclic esters (lactones) is 1. The molecule has 3 aliphatic rings. The molecule has 4 nitrogen and oxygen atoms in total. The number of dihydropyridines is 1. The number of esters is 1. The van der Waals surface area contributed by atoms with E-state index in [4.69, 9.17) is 4.74 Å². The third kappa shape index (κ3) is 2.24. The summed E-state index contributed by atoms with van der Waals surface area (Å²) in [6.45, 7) is 0.192. The van der Waals surface area contributed by atoms with Crippen molar-refractivity contribution in [1.82, 2.24) is 5.32 Å². The number of nitrogens with one attached hydrogen (secondary N) is 1. The highest BCUT2D eigenvalue weighted by atomic mass is 79.9. The minimum Gasteiger partial charge on any atom is -0.456 e. The van der Waals surface area contributed by atoms with E-state index in [0.29, 0.717) is 33.3 Å². The zero-order valence-corrected chi connectivity index (χ0v) is 13.7. The van der Waals surface area contributed by atoms with Crippen molar-refractivity contribution in [1.29, 1.82) is 0 Å². The van der Waals surface area contributed by atoms with E-state index in [1.165, 1.54) is 6.07 Å². The predicted molar refractivity (Wildman–Crippen MR) is 83.8 cm³/mol. The molecule has 2 aliphatic heterocycles. The average molecular weight is 378 g/mol. The van der Waals surface area contributed by atoms with Crippen molar-refractivity contribution in [2.24, 2.45) is 0 Å². The average Bonchev–Trinajstić information content (AvgIpc) is 2.90. The van der Waals surface area contributed by atoms with Crippen LogP contribution in [0.5, 0.6) is 0 Å². The zero-order chi connectivity index (χ0) is 16.1. The summed E-state index contributed by atoms with van der Waals surface area (Å²) < 4.78 is 19.0. The lowest BCUT2D eigenvalue weighted by Gasteiger charge is -2.32. The molecule has 23 heavy (non-hydrogen) atoms. The molecule has 1 atom stereocenters. The number of Topliss-reactive ketones (excluding diaryl/α,β-unsaturated/α-hetero) is 1. The first-order valence-electron chi connectivity index (χ1n) is 7.44. The number of hydrogen-bond donors (Lipinski definition) is 1. The van der Waals surface area contributed by atoms with Crippen LogP contribution >= 0.6 is 15.9 Å². The van der Waals surface area contributed by atoms with Gasteiger partial charge in [0.25, 0.3) is 0 Å². The lowest BCUT2D eigenvalue weighted by atomic mass is 9.75. The predicted octanol–water partition coefficient (Wildman–Crippen LogP) is 3.09. The van der Waals surface area contributed by atoms with Crippen molar-refractivity contribution in [3.63, 3.8) is 0 Å². The molecule has 0 aromatic heterocycles. The van der Waals surface area contributed by atoms with Gasteiger partial charge in [0, 0.05) is 23.6 Å². The maximum Gasteiger partial charge on any atom is 0.337 e. The monoisotopic (exact) mass is 377 g/mol. The van der Waals surface area contributed by atoms with E-state index >= 15 is 0 Å². The van der Waals surface area contributed by atoms with E-state index in [1.54, 1.807) is 12.1 Å². The lowest BCUT2D eigenvalue weighted by molar-refractivity contribution is -0.136. The van der Waals surface area contributed by atoms with Gasteiger partial charge in [0.05, 0.1) is 15.7 Å². The standard InChI is InChI=1S/C17H13BrFNO3/c18-9-6-8(4-5-10(9)19)14-15-11(2-1-3-13(15)21)20-12-7-23-17(22)16(12)14/h4-6,14,20H,1-3,7H2/t14-/m0/s1. The molecule has 0 spiro atoms. The van der Waals surface area contributed by atoms with Gasteiger partial charge in [-0.15, -0.1) is 0 Å². The number of allylic oxidation sites excluding steroid dienone is 2. The Balaban J connectivity index is 1.91. The first-order valence-corrected chi connectivity index (χ1v) is 8.24. The summed E-state index contributed by atoms with van der Waals surface area (Å²) in [5.41, 5.74) is 3.39. The van der Waals surface area contributed by atoms with E-state index in [0.717, 1.165) is 18.5 Å². The number of ketones is 1. The molecule has 1 N–H and O–H groups in total. The van der Waals surface area contributed by atoms with Crippen molar-refractivity contribution >= 4 is 27.7 Å². The van der Waals surface area contributed by atoms with Crippen molar-refractivity contribution in [2.45, 2.75) is 25.2 Å². The third-order valence-corrected chi connectivity index (χ3v) is 5.11. The van der Waals surface area contributed by atoms with E-state index in [2.05, 4.69) is 21.2 Å². The molecule has 118 valence electrons. The number of hydrogen-bond acceptors (Lipinski definition) is 4. The van der Waals surface area contributed by atoms with Gasteiger partial charge in [-0.3, -0.25) is 4.79 Å². The zero-order valence-electron chi connectivity index (χ0n) is 12.1. The quantitative estimate of drug-likeness (QED) is 0.764. The van der Waals surface area contributed by atoms with Crippen LogP contribution in [0, 0.1) is 5.82 Å². The Morgan fingerprint density at radius 1 is 1.17 bits per heavy atom. The van der Waals surface area contributed by atoms with Crippen LogP contribution in [-0.2, 0) is 14.3 Å². The van der Waals surface area contributed by atoms with Crippen LogP contribution in [0.2, 0.25) is 0 Å². The van der Waals surface area contributed by atoms with Crippen LogP contribution < -0.4 is 5.32 Å². The number of carbonyl (C=O) groups is 2. The van der Waals surface area contributed by atoms with Crippen molar-refractivity contribution in [3.05, 3.63) is 56.6 Å². The minimum absolute atomic E-state index is 0.0375. The second kappa shape index (κ2) is 5.30. The molecular weight excluding hydrogens is 365 g/mol. The van der Waals surface area contributed by atoms with E-state index < -0.39 is 11.9 Å². The first kappa shape index (κ1) is 14.6. The van der Waals surface area contributed by atoms with Crippen LogP contribution in [-0.4, -0.2) is 18.4 Å². The molecular formula is C17H13BrFNO3. The maximum absolute atomic E-state index is 13.6. The highest BCUT2D eigenvalue weighted by Crippen LogP contribution is 2.44. The Morgan fingerprint density at radius 3 is 2.78 bits per heavy atom. The molecule has 6 heteroatoms. The number of ether oxygens (including phenoxy) is 1. The first-order chi connectivity index (χ1) is 11.1. The van der Waals surface area contributed by atoms with Gasteiger partial charge in [-0.1, -0.05) is 6.07 Å². The summed E-state index contributed by atoms with van der Waals surface area (Å²) in [5, 5.41) is 3.21. The van der Waals surface area contributed by atoms with Crippen LogP contribution in [0.3, 0.4) is 0 Å². The fourth-order valence-electron chi connectivity index (χ4n) is 3.49. The molecule has 0 unspecified atom stereocenters. The van der Waals surface area contributed by atoms with Crippen molar-refractivity contribution < 1.29 is 18.7 Å². The summed E-state index contributed by atoms with van der Waals surface area (Å²) in [7, 11) is 0. The topological polar surface area (TPSA) is 55.4 Å². The third-order valence-electron chi connectivity index (χ3n) is 4.50. The molecule has 0 radical (unpaired) electrons. The molecule has 4 rings (SSSR count). The Bertz CT molecular complexity index is 812. The molecule has 1 aromatic rings. The molecule has 1 aliphatic carbocycles. The van der Waals surface area contributed by atoms with Gasteiger partial charge in [0.2, 0.25) is 0 Å². The molecule has 0 saturated carbocycles. The second-order valence-electron chi connectivity index (χ2n) is 5.87. The van der Waals surface area contributed by atoms with Gasteiger partial charge in [-0.05, 0) is 46.5 Å². The van der Waals surface area contributed by atoms with E-state index in [9.17, 15) is 14.0 Å². The van der Waals surface area contributed by atoms with Crippen molar-refractivity contribution in [2.75, 3.05) is 6.61 Å². The molecule has 2 heterocycles. The summed E-state index contributed by atoms with van der Waals surface area (Å²) in [4.78, 5) is 24.7. The second-order valence-corrected chi connectivity index (χ2v) is 6.72. The highest BCUT2D eigenvalue weighted by Gasteiger charge is 2.42. The normalized spacial score (nSPS) is 23.5. The Labute approximate surface area is 140 Å². The minimum atomic E-state index is -0.485. The van der Waals surface area contributed by atoms with Gasteiger partial charge in [0.1, 0.15) is 12.4 Å². The van der Waals surface area contributed by atoms with E-state index in [-0.39, 0.29) is 18.2 Å². The summed E-state index contributed by atoms with van der Waals surface area (Å²) in [5.74, 6) is -1.24. The summed E-state index contributed by atoms with van der Waals surface area (Å²) >= 11 is 3.18. The van der Waals surface area contributed by atoms with Gasteiger partial charge in [-0.25, -0.2) is 9.18 Å². The lowest BCUT2D eigenvalue weighted by Crippen LogP contribution is -2.32. The molecule has 0 fully saturated rings. The van der Waals surface area contributed by atoms with Crippen LogP contribution in [0.15, 0.2) is 45.2 Å². The largest absolute Gasteiger partial charge is 0.456 e. The number of halogens is 2. The SMILES string of the molecule is O=C1CCCC2=C1[C@H](c1ccc(F)c(Br)c1)C1=C(COC1=O)N2. The van der Waals surface area contributed by atoms with Gasteiger partial charge in [0.15, 0.2) is 5.78 Å². The van der Waals surface area contributed by atoms with Crippen molar-refractivity contribution in [3.8, 4) is 0 Å². The number of benzene rings is 1. The molecule has 0 amide bonds. The fraction of sp³-hybridized carbons (Fsp3) is 0.294. The smallest absolute Gasteiger partial charge is 0.337 e. The summed E-state index contributed by atoms with van der Waals surface area (Å²) in [6, 6.07) is 4.60.